The lowest BCUT2D eigenvalue weighted by Gasteiger charge is -2.32. The second-order valence-electron chi connectivity index (χ2n) is 9.69. The lowest BCUT2D eigenvalue weighted by Crippen LogP contribution is -2.52. The molecule has 42 heavy (non-hydrogen) atoms. The second-order valence-corrected chi connectivity index (χ2v) is 12.0. The molecular weight excluding hydrogens is 582 g/mol. The van der Waals surface area contributed by atoms with E-state index in [2.05, 4.69) is 5.32 Å². The van der Waals surface area contributed by atoms with E-state index in [0.717, 1.165) is 9.87 Å². The summed E-state index contributed by atoms with van der Waals surface area (Å²) in [4.78, 5) is 28.3. The number of sulfonamides is 1. The number of rotatable bonds is 13. The van der Waals surface area contributed by atoms with E-state index in [1.54, 1.807) is 13.0 Å². The van der Waals surface area contributed by atoms with E-state index < -0.39 is 28.5 Å². The predicted octanol–water partition coefficient (Wildman–Crippen LogP) is 4.50. The van der Waals surface area contributed by atoms with Crippen molar-refractivity contribution in [3.63, 3.8) is 0 Å². The standard InChI is InChI=1S/C30H36ClN3O7S/c1-20(2)32-30(36)21(3)33(18-22-10-8-7-9-11-22)29(35)19-34(25-16-23(31)12-14-26(25)39-4)42(37,38)24-13-15-27(40-5)28(17-24)41-6/h7-17,20-21H,18-19H2,1-6H3,(H,32,36)/t21-/m0/s1. The minimum Gasteiger partial charge on any atom is -0.495 e. The van der Waals surface area contributed by atoms with Crippen LogP contribution in [0.15, 0.2) is 71.6 Å². The number of ether oxygens (including phenoxy) is 3. The van der Waals surface area contributed by atoms with Crippen LogP contribution in [0.4, 0.5) is 5.69 Å². The van der Waals surface area contributed by atoms with Gasteiger partial charge in [0.1, 0.15) is 18.3 Å². The second kappa shape index (κ2) is 14.3. The Kier molecular flexibility index (Phi) is 11.1. The van der Waals surface area contributed by atoms with Gasteiger partial charge in [0.15, 0.2) is 11.5 Å². The molecule has 0 aliphatic carbocycles. The van der Waals surface area contributed by atoms with Crippen LogP contribution in [0.3, 0.4) is 0 Å². The highest BCUT2D eigenvalue weighted by Crippen LogP contribution is 2.37. The molecule has 0 radical (unpaired) electrons. The molecule has 3 rings (SSSR count). The normalized spacial score (nSPS) is 11.9. The van der Waals surface area contributed by atoms with Crippen molar-refractivity contribution in [3.8, 4) is 17.2 Å². The molecule has 1 N–H and O–H groups in total. The Bertz CT molecular complexity index is 1500. The van der Waals surface area contributed by atoms with Gasteiger partial charge in [-0.3, -0.25) is 13.9 Å². The van der Waals surface area contributed by atoms with Crippen LogP contribution >= 0.6 is 11.6 Å². The highest BCUT2D eigenvalue weighted by molar-refractivity contribution is 7.92. The van der Waals surface area contributed by atoms with E-state index in [4.69, 9.17) is 25.8 Å². The highest BCUT2D eigenvalue weighted by Gasteiger charge is 2.34. The summed E-state index contributed by atoms with van der Waals surface area (Å²) in [7, 11) is -0.206. The van der Waals surface area contributed by atoms with Gasteiger partial charge in [-0.25, -0.2) is 8.42 Å². The first kappa shape index (κ1) is 32.6. The number of methoxy groups -OCH3 is 3. The number of anilines is 1. The summed E-state index contributed by atoms with van der Waals surface area (Å²) in [5.74, 6) is -0.289. The van der Waals surface area contributed by atoms with E-state index in [-0.39, 0.29) is 45.6 Å². The maximum Gasteiger partial charge on any atom is 0.265 e. The summed E-state index contributed by atoms with van der Waals surface area (Å²) in [6, 6.07) is 16.6. The zero-order valence-corrected chi connectivity index (χ0v) is 26.0. The van der Waals surface area contributed by atoms with Gasteiger partial charge in [0.05, 0.1) is 31.9 Å². The van der Waals surface area contributed by atoms with Gasteiger partial charge in [0.2, 0.25) is 11.8 Å². The average Bonchev–Trinajstić information content (AvgIpc) is 2.97. The number of nitrogens with one attached hydrogen (secondary N) is 1. The van der Waals surface area contributed by atoms with Gasteiger partial charge in [-0.2, -0.15) is 0 Å². The third-order valence-electron chi connectivity index (χ3n) is 6.43. The Morgan fingerprint density at radius 1 is 0.857 bits per heavy atom. The first-order chi connectivity index (χ1) is 19.9. The Balaban J connectivity index is 2.14. The average molecular weight is 618 g/mol. The van der Waals surface area contributed by atoms with Crippen molar-refractivity contribution in [2.45, 2.75) is 44.3 Å². The molecule has 0 aliphatic rings. The molecule has 0 saturated heterocycles. The molecule has 0 aliphatic heterocycles. The lowest BCUT2D eigenvalue weighted by molar-refractivity contribution is -0.139. The molecule has 2 amide bonds. The van der Waals surface area contributed by atoms with E-state index >= 15 is 0 Å². The van der Waals surface area contributed by atoms with Crippen LogP contribution in [0.2, 0.25) is 5.02 Å². The number of carbonyl (C=O) groups is 2. The first-order valence-electron chi connectivity index (χ1n) is 13.1. The van der Waals surface area contributed by atoms with Crippen LogP contribution in [0.1, 0.15) is 26.3 Å². The van der Waals surface area contributed by atoms with Crippen molar-refractivity contribution in [2.24, 2.45) is 0 Å². The Hall–Kier alpha value is -3.96. The van der Waals surface area contributed by atoms with Gasteiger partial charge in [-0.05, 0) is 56.7 Å². The first-order valence-corrected chi connectivity index (χ1v) is 15.0. The number of nitrogens with zero attached hydrogens (tertiary/aromatic N) is 2. The zero-order valence-electron chi connectivity index (χ0n) is 24.5. The molecule has 0 bridgehead atoms. The maximum atomic E-state index is 14.2. The summed E-state index contributed by atoms with van der Waals surface area (Å²) in [6.07, 6.45) is 0. The molecule has 3 aromatic carbocycles. The quantitative estimate of drug-likeness (QED) is 0.300. The zero-order chi connectivity index (χ0) is 31.0. The molecule has 3 aromatic rings. The molecule has 0 aromatic heterocycles. The van der Waals surface area contributed by atoms with E-state index in [1.165, 1.54) is 56.6 Å². The van der Waals surface area contributed by atoms with Crippen molar-refractivity contribution >= 4 is 39.1 Å². The van der Waals surface area contributed by atoms with Crippen molar-refractivity contribution < 1.29 is 32.2 Å². The fourth-order valence-electron chi connectivity index (χ4n) is 4.24. The van der Waals surface area contributed by atoms with E-state index in [9.17, 15) is 18.0 Å². The van der Waals surface area contributed by atoms with Crippen LogP contribution in [0.25, 0.3) is 0 Å². The maximum absolute atomic E-state index is 14.2. The van der Waals surface area contributed by atoms with Crippen LogP contribution in [-0.4, -0.2) is 65.1 Å². The molecule has 0 unspecified atom stereocenters. The summed E-state index contributed by atoms with van der Waals surface area (Å²) < 4.78 is 45.4. The molecular formula is C30H36ClN3O7S. The van der Waals surface area contributed by atoms with Crippen molar-refractivity contribution in [1.82, 2.24) is 10.2 Å². The van der Waals surface area contributed by atoms with Gasteiger partial charge in [-0.15, -0.1) is 0 Å². The van der Waals surface area contributed by atoms with Crippen molar-refractivity contribution in [2.75, 3.05) is 32.2 Å². The molecule has 226 valence electrons. The summed E-state index contributed by atoms with van der Waals surface area (Å²) in [5, 5.41) is 3.06. The smallest absolute Gasteiger partial charge is 0.265 e. The van der Waals surface area contributed by atoms with Gasteiger partial charge in [0.25, 0.3) is 10.0 Å². The molecule has 0 spiro atoms. The topological polar surface area (TPSA) is 114 Å². The largest absolute Gasteiger partial charge is 0.495 e. The van der Waals surface area contributed by atoms with Gasteiger partial charge in [0, 0.05) is 23.7 Å². The Morgan fingerprint density at radius 3 is 2.07 bits per heavy atom. The van der Waals surface area contributed by atoms with Crippen molar-refractivity contribution in [1.29, 1.82) is 0 Å². The molecule has 10 nitrogen and oxygen atoms in total. The number of hydrogen-bond donors (Lipinski definition) is 1. The third-order valence-corrected chi connectivity index (χ3v) is 8.42. The summed E-state index contributed by atoms with van der Waals surface area (Å²) >= 11 is 6.29. The third kappa shape index (κ3) is 7.65. The number of amides is 2. The SMILES string of the molecule is COc1ccc(S(=O)(=O)N(CC(=O)N(Cc2ccccc2)[C@@H](C)C(=O)NC(C)C)c2cc(Cl)ccc2OC)cc1OC. The Labute approximate surface area is 252 Å². The molecule has 0 heterocycles. The Morgan fingerprint density at radius 2 is 1.48 bits per heavy atom. The fourth-order valence-corrected chi connectivity index (χ4v) is 5.84. The number of halogens is 1. The highest BCUT2D eigenvalue weighted by atomic mass is 35.5. The molecule has 12 heteroatoms. The van der Waals surface area contributed by atoms with E-state index in [0.29, 0.717) is 5.75 Å². The van der Waals surface area contributed by atoms with Crippen molar-refractivity contribution in [3.05, 3.63) is 77.3 Å². The summed E-state index contributed by atoms with van der Waals surface area (Å²) in [5.41, 5.74) is 0.816. The summed E-state index contributed by atoms with van der Waals surface area (Å²) in [6.45, 7) is 4.65. The van der Waals surface area contributed by atoms with Crippen LogP contribution < -0.4 is 23.8 Å². The minimum atomic E-state index is -4.42. The van der Waals surface area contributed by atoms with E-state index in [1.807, 2.05) is 44.2 Å². The molecule has 1 atom stereocenters. The number of carbonyl (C=O) groups excluding carboxylic acids is 2. The minimum absolute atomic E-state index is 0.0482. The molecule has 0 saturated carbocycles. The van der Waals surface area contributed by atoms with Crippen LogP contribution in [-0.2, 0) is 26.2 Å². The van der Waals surface area contributed by atoms with Gasteiger partial charge < -0.3 is 24.4 Å². The monoisotopic (exact) mass is 617 g/mol. The van der Waals surface area contributed by atoms with Gasteiger partial charge >= 0.3 is 0 Å². The van der Waals surface area contributed by atoms with Crippen LogP contribution in [0, 0.1) is 0 Å². The fraction of sp³-hybridized carbons (Fsp3) is 0.333. The lowest BCUT2D eigenvalue weighted by atomic mass is 10.1. The van der Waals surface area contributed by atoms with Crippen LogP contribution in [0.5, 0.6) is 17.2 Å². The van der Waals surface area contributed by atoms with Gasteiger partial charge in [-0.1, -0.05) is 41.9 Å². The predicted molar refractivity (Wildman–Crippen MR) is 162 cm³/mol. The number of benzene rings is 3. The number of hydrogen-bond acceptors (Lipinski definition) is 7. The molecule has 0 fully saturated rings.